The van der Waals surface area contributed by atoms with Crippen molar-refractivity contribution >= 4 is 17.4 Å². The molecule has 0 saturated heterocycles. The molecule has 1 aliphatic rings. The van der Waals surface area contributed by atoms with Crippen molar-refractivity contribution < 1.29 is 14.3 Å². The normalized spacial score (nSPS) is 13.6. The average Bonchev–Trinajstić information content (AvgIpc) is 2.60. The Morgan fingerprint density at radius 2 is 2.00 bits per heavy atom. The van der Waals surface area contributed by atoms with Gasteiger partial charge >= 0.3 is 0 Å². The summed E-state index contributed by atoms with van der Waals surface area (Å²) in [7, 11) is 1.63. The largest absolute Gasteiger partial charge is 0.497 e. The highest BCUT2D eigenvalue weighted by atomic mass is 16.5. The molecular weight excluding hydrogens is 290 g/mol. The van der Waals surface area contributed by atoms with Gasteiger partial charge in [0, 0.05) is 24.9 Å². The van der Waals surface area contributed by atoms with Crippen LogP contribution in [0.2, 0.25) is 0 Å². The zero-order chi connectivity index (χ0) is 16.2. The van der Waals surface area contributed by atoms with Crippen molar-refractivity contribution in [2.24, 2.45) is 0 Å². The van der Waals surface area contributed by atoms with Crippen molar-refractivity contribution in [2.75, 3.05) is 18.6 Å². The number of carbonyl (C=O) groups excluding carboxylic acids is 2. The molecule has 2 aromatic carbocycles. The number of carbonyl (C=O) groups is 2. The molecule has 0 fully saturated rings. The van der Waals surface area contributed by atoms with Crippen molar-refractivity contribution in [3.63, 3.8) is 0 Å². The van der Waals surface area contributed by atoms with Gasteiger partial charge in [0.25, 0.3) is 0 Å². The number of methoxy groups -OCH3 is 1. The number of para-hydroxylation sites is 1. The summed E-state index contributed by atoms with van der Waals surface area (Å²) >= 11 is 0. The van der Waals surface area contributed by atoms with Crippen LogP contribution >= 0.6 is 0 Å². The number of amides is 1. The summed E-state index contributed by atoms with van der Waals surface area (Å²) in [6.07, 6.45) is 1.46. The summed E-state index contributed by atoms with van der Waals surface area (Å²) in [5.41, 5.74) is 2.45. The smallest absolute Gasteiger partial charge is 0.227 e. The molecule has 0 unspecified atom stereocenters. The number of ketones is 1. The summed E-state index contributed by atoms with van der Waals surface area (Å²) in [6.45, 7) is 0.465. The molecule has 3 rings (SSSR count). The van der Waals surface area contributed by atoms with Crippen molar-refractivity contribution in [2.45, 2.75) is 19.3 Å². The summed E-state index contributed by atoms with van der Waals surface area (Å²) < 4.78 is 5.20. The van der Waals surface area contributed by atoms with Gasteiger partial charge in [-0.15, -0.1) is 0 Å². The highest BCUT2D eigenvalue weighted by Gasteiger charge is 2.26. The summed E-state index contributed by atoms with van der Waals surface area (Å²) in [4.78, 5) is 26.3. The van der Waals surface area contributed by atoms with Crippen LogP contribution in [0.3, 0.4) is 0 Å². The van der Waals surface area contributed by atoms with Crippen molar-refractivity contribution in [1.29, 1.82) is 0 Å². The molecule has 1 amide bonds. The summed E-state index contributed by atoms with van der Waals surface area (Å²) in [5, 5.41) is 0. The van der Waals surface area contributed by atoms with Gasteiger partial charge in [-0.3, -0.25) is 9.59 Å². The van der Waals surface area contributed by atoms with Crippen LogP contribution in [0.25, 0.3) is 0 Å². The Labute approximate surface area is 135 Å². The lowest BCUT2D eigenvalue weighted by Gasteiger charge is -2.28. The maximum atomic E-state index is 12.6. The molecule has 0 radical (unpaired) electrons. The Morgan fingerprint density at radius 1 is 1.17 bits per heavy atom. The Bertz CT molecular complexity index is 739. The lowest BCUT2D eigenvalue weighted by molar-refractivity contribution is -0.118. The van der Waals surface area contributed by atoms with Gasteiger partial charge in [-0.2, -0.15) is 0 Å². The van der Waals surface area contributed by atoms with Gasteiger partial charge in [0.15, 0.2) is 5.78 Å². The molecule has 4 nitrogen and oxygen atoms in total. The number of aryl methyl sites for hydroxylation is 1. The highest BCUT2D eigenvalue weighted by molar-refractivity contribution is 6.08. The molecule has 0 N–H and O–H groups in total. The molecule has 0 aromatic heterocycles. The summed E-state index contributed by atoms with van der Waals surface area (Å²) in [5.74, 6) is 0.953. The minimum absolute atomic E-state index is 0.0489. The van der Waals surface area contributed by atoms with Crippen LogP contribution in [-0.2, 0) is 11.2 Å². The molecular formula is C19H19NO3. The zero-order valence-corrected chi connectivity index (χ0v) is 13.1. The van der Waals surface area contributed by atoms with Crippen LogP contribution in [0.4, 0.5) is 5.69 Å². The van der Waals surface area contributed by atoms with E-state index >= 15 is 0 Å². The first kappa shape index (κ1) is 15.3. The number of benzene rings is 2. The maximum Gasteiger partial charge on any atom is 0.227 e. The second-order valence-corrected chi connectivity index (χ2v) is 5.59. The van der Waals surface area contributed by atoms with Crippen molar-refractivity contribution in [3.8, 4) is 5.75 Å². The molecule has 23 heavy (non-hydrogen) atoms. The molecule has 118 valence electrons. The number of rotatable bonds is 4. The lowest BCUT2D eigenvalue weighted by atomic mass is 9.99. The number of hydrogen-bond donors (Lipinski definition) is 0. The molecule has 0 spiro atoms. The first-order valence-corrected chi connectivity index (χ1v) is 7.74. The fourth-order valence-corrected chi connectivity index (χ4v) is 2.89. The van der Waals surface area contributed by atoms with E-state index in [1.54, 1.807) is 18.1 Å². The van der Waals surface area contributed by atoms with Crippen LogP contribution in [0.15, 0.2) is 48.5 Å². The van der Waals surface area contributed by atoms with Gasteiger partial charge in [0.1, 0.15) is 5.75 Å². The quantitative estimate of drug-likeness (QED) is 0.871. The van der Waals surface area contributed by atoms with E-state index in [1.165, 1.54) is 0 Å². The van der Waals surface area contributed by atoms with Crippen LogP contribution in [0.1, 0.15) is 28.8 Å². The number of hydrogen-bond acceptors (Lipinski definition) is 3. The lowest BCUT2D eigenvalue weighted by Crippen LogP contribution is -2.37. The van der Waals surface area contributed by atoms with Gasteiger partial charge in [0.05, 0.1) is 12.8 Å². The van der Waals surface area contributed by atoms with Crippen LogP contribution < -0.4 is 9.64 Å². The molecule has 1 heterocycles. The van der Waals surface area contributed by atoms with E-state index in [9.17, 15) is 9.59 Å². The van der Waals surface area contributed by atoms with Crippen LogP contribution in [0.5, 0.6) is 5.75 Å². The van der Waals surface area contributed by atoms with Gasteiger partial charge in [0.2, 0.25) is 5.91 Å². The Hall–Kier alpha value is -2.62. The van der Waals surface area contributed by atoms with E-state index in [0.717, 1.165) is 17.0 Å². The number of ether oxygens (including phenoxy) is 1. The van der Waals surface area contributed by atoms with E-state index in [1.807, 2.05) is 42.5 Å². The predicted molar refractivity (Wildman–Crippen MR) is 89.1 cm³/mol. The van der Waals surface area contributed by atoms with E-state index in [0.29, 0.717) is 31.4 Å². The molecule has 2 aromatic rings. The second kappa shape index (κ2) is 6.65. The molecule has 0 atom stereocenters. The van der Waals surface area contributed by atoms with Gasteiger partial charge in [-0.25, -0.2) is 0 Å². The first-order chi connectivity index (χ1) is 11.2. The molecule has 4 heteroatoms. The Morgan fingerprint density at radius 3 is 2.83 bits per heavy atom. The number of Topliss-reactive ketones (excluding diaryl/α,β-unsaturated/α-hetero) is 1. The minimum atomic E-state index is 0.0489. The standard InChI is InChI=1S/C19H19NO3/c1-23-15-6-4-5-14(13-15)9-10-19(22)20-12-11-18(21)16-7-2-3-8-17(16)20/h2-8,13H,9-12H2,1H3. The van der Waals surface area contributed by atoms with Crippen molar-refractivity contribution in [1.82, 2.24) is 0 Å². The molecule has 1 aliphatic heterocycles. The molecule has 0 bridgehead atoms. The second-order valence-electron chi connectivity index (χ2n) is 5.59. The van der Waals surface area contributed by atoms with E-state index < -0.39 is 0 Å². The third-order valence-electron chi connectivity index (χ3n) is 4.12. The molecule has 0 saturated carbocycles. The average molecular weight is 309 g/mol. The van der Waals surface area contributed by atoms with E-state index in [2.05, 4.69) is 0 Å². The molecule has 0 aliphatic carbocycles. The fraction of sp³-hybridized carbons (Fsp3) is 0.263. The van der Waals surface area contributed by atoms with Gasteiger partial charge in [-0.1, -0.05) is 24.3 Å². The first-order valence-electron chi connectivity index (χ1n) is 7.74. The monoisotopic (exact) mass is 309 g/mol. The van der Waals surface area contributed by atoms with Crippen LogP contribution in [0, 0.1) is 0 Å². The number of nitrogens with zero attached hydrogens (tertiary/aromatic N) is 1. The van der Waals surface area contributed by atoms with Gasteiger partial charge < -0.3 is 9.64 Å². The van der Waals surface area contributed by atoms with E-state index in [4.69, 9.17) is 4.74 Å². The maximum absolute atomic E-state index is 12.6. The Balaban J connectivity index is 1.71. The van der Waals surface area contributed by atoms with Crippen LogP contribution in [-0.4, -0.2) is 25.3 Å². The third kappa shape index (κ3) is 3.26. The summed E-state index contributed by atoms with van der Waals surface area (Å²) in [6, 6.07) is 15.1. The number of anilines is 1. The van der Waals surface area contributed by atoms with E-state index in [-0.39, 0.29) is 11.7 Å². The topological polar surface area (TPSA) is 46.6 Å². The van der Waals surface area contributed by atoms with Gasteiger partial charge in [-0.05, 0) is 36.2 Å². The zero-order valence-electron chi connectivity index (χ0n) is 13.1. The third-order valence-corrected chi connectivity index (χ3v) is 4.12. The number of fused-ring (bicyclic) bond motifs is 1. The highest BCUT2D eigenvalue weighted by Crippen LogP contribution is 2.27. The predicted octanol–water partition coefficient (Wildman–Crippen LogP) is 3.25. The minimum Gasteiger partial charge on any atom is -0.497 e. The Kier molecular flexibility index (Phi) is 4.42. The fourth-order valence-electron chi connectivity index (χ4n) is 2.89. The SMILES string of the molecule is COc1cccc(CCC(=O)N2CCC(=O)c3ccccc32)c1. The van der Waals surface area contributed by atoms with Crippen molar-refractivity contribution in [3.05, 3.63) is 59.7 Å².